The number of likely N-dealkylation sites (tertiary alicyclic amines) is 1. The van der Waals surface area contributed by atoms with Crippen LogP contribution in [-0.4, -0.2) is 27.5 Å². The second-order valence-electron chi connectivity index (χ2n) is 8.22. The minimum atomic E-state index is -0.317. The number of nitrogens with zero attached hydrogens (tertiary/aromatic N) is 3. The number of hydrogen-bond acceptors (Lipinski definition) is 4. The predicted molar refractivity (Wildman–Crippen MR) is 122 cm³/mol. The molecule has 0 radical (unpaired) electrons. The van der Waals surface area contributed by atoms with Crippen molar-refractivity contribution < 1.29 is 9.18 Å². The molecule has 0 spiro atoms. The van der Waals surface area contributed by atoms with Gasteiger partial charge in [0.15, 0.2) is 0 Å². The van der Waals surface area contributed by atoms with Crippen molar-refractivity contribution in [1.29, 1.82) is 0 Å². The monoisotopic (exact) mass is 435 g/mol. The summed E-state index contributed by atoms with van der Waals surface area (Å²) in [4.78, 5) is 15.2. The summed E-state index contributed by atoms with van der Waals surface area (Å²) in [7, 11) is 0. The Labute approximate surface area is 186 Å². The van der Waals surface area contributed by atoms with E-state index in [0.29, 0.717) is 19.4 Å². The molecule has 2 heterocycles. The third-order valence-corrected chi connectivity index (χ3v) is 7.15. The number of hydrogen-bond donors (Lipinski definition) is 0. The van der Waals surface area contributed by atoms with Crippen molar-refractivity contribution in [3.8, 4) is 10.6 Å². The molecule has 0 unspecified atom stereocenters. The number of amides is 1. The summed E-state index contributed by atoms with van der Waals surface area (Å²) in [6.45, 7) is 8.56. The number of allylic oxidation sites excluding steroid dienone is 1. The molecule has 1 saturated heterocycles. The molecule has 0 N–H and O–H groups in total. The molecule has 4 rings (SSSR count). The third kappa shape index (κ3) is 4.30. The summed E-state index contributed by atoms with van der Waals surface area (Å²) in [6, 6.07) is 14.7. The Balaban J connectivity index is 1.51. The molecule has 2 atom stereocenters. The summed E-state index contributed by atoms with van der Waals surface area (Å²) in [5, 5.41) is 10.1. The van der Waals surface area contributed by atoms with Crippen LogP contribution in [0.2, 0.25) is 0 Å². The zero-order valence-electron chi connectivity index (χ0n) is 17.8. The number of carbonyl (C=O) groups is 1. The standard InChI is InChI=1S/C25H26FN3OS/c1-4-13-25(21-9-11-22(26)12-10-21)14-15-29(23(30)16-25)17(2)19-5-7-20(8-6-19)24-28-27-18(3)31-24/h4-12,17H,1,13-16H2,2-3H3/t17-,25-/m0/s1. The third-order valence-electron chi connectivity index (χ3n) is 6.27. The Kier molecular flexibility index (Phi) is 6.01. The number of halogens is 1. The molecular weight excluding hydrogens is 409 g/mol. The second-order valence-corrected chi connectivity index (χ2v) is 9.40. The normalized spacial score (nSPS) is 20.0. The van der Waals surface area contributed by atoms with E-state index in [1.54, 1.807) is 23.5 Å². The van der Waals surface area contributed by atoms with E-state index in [-0.39, 0.29) is 23.2 Å². The molecule has 1 fully saturated rings. The van der Waals surface area contributed by atoms with Gasteiger partial charge in [-0.1, -0.05) is 53.8 Å². The molecule has 4 nitrogen and oxygen atoms in total. The first-order valence-electron chi connectivity index (χ1n) is 10.5. The zero-order chi connectivity index (χ0) is 22.0. The largest absolute Gasteiger partial charge is 0.336 e. The quantitative estimate of drug-likeness (QED) is 0.456. The maximum Gasteiger partial charge on any atom is 0.223 e. The van der Waals surface area contributed by atoms with Crippen molar-refractivity contribution in [2.75, 3.05) is 6.54 Å². The molecule has 0 aliphatic carbocycles. The van der Waals surface area contributed by atoms with E-state index in [0.717, 1.165) is 33.1 Å². The maximum atomic E-state index is 13.4. The van der Waals surface area contributed by atoms with Crippen LogP contribution < -0.4 is 0 Å². The van der Waals surface area contributed by atoms with Crippen LogP contribution in [0.4, 0.5) is 4.39 Å². The Hall–Kier alpha value is -2.86. The Morgan fingerprint density at radius 3 is 2.48 bits per heavy atom. The lowest BCUT2D eigenvalue weighted by Gasteiger charge is -2.43. The number of aryl methyl sites for hydroxylation is 1. The fourth-order valence-corrected chi connectivity index (χ4v) is 5.16. The lowest BCUT2D eigenvalue weighted by atomic mass is 9.70. The number of aromatic nitrogens is 2. The van der Waals surface area contributed by atoms with Gasteiger partial charge in [0.2, 0.25) is 5.91 Å². The highest BCUT2D eigenvalue weighted by Gasteiger charge is 2.40. The number of piperidine rings is 1. The van der Waals surface area contributed by atoms with E-state index in [1.165, 1.54) is 12.1 Å². The first-order chi connectivity index (χ1) is 14.9. The fourth-order valence-electron chi connectivity index (χ4n) is 4.46. The molecule has 1 amide bonds. The van der Waals surface area contributed by atoms with Gasteiger partial charge in [0.05, 0.1) is 6.04 Å². The predicted octanol–water partition coefficient (Wildman–Crippen LogP) is 5.85. The van der Waals surface area contributed by atoms with Crippen molar-refractivity contribution >= 4 is 17.2 Å². The molecule has 31 heavy (non-hydrogen) atoms. The van der Waals surface area contributed by atoms with Gasteiger partial charge >= 0.3 is 0 Å². The van der Waals surface area contributed by atoms with Gasteiger partial charge in [-0.15, -0.1) is 16.8 Å². The zero-order valence-corrected chi connectivity index (χ0v) is 18.7. The van der Waals surface area contributed by atoms with Gasteiger partial charge < -0.3 is 4.90 Å². The topological polar surface area (TPSA) is 46.1 Å². The average Bonchev–Trinajstić information content (AvgIpc) is 3.20. The van der Waals surface area contributed by atoms with Gasteiger partial charge in [-0.2, -0.15) is 0 Å². The highest BCUT2D eigenvalue weighted by Crippen LogP contribution is 2.41. The SMILES string of the molecule is C=CC[C@]1(c2ccc(F)cc2)CCN([C@@H](C)c2ccc(-c3nnc(C)s3)cc2)C(=O)C1. The van der Waals surface area contributed by atoms with Crippen molar-refractivity contribution in [3.63, 3.8) is 0 Å². The van der Waals surface area contributed by atoms with Crippen LogP contribution in [0.5, 0.6) is 0 Å². The smallest absolute Gasteiger partial charge is 0.223 e. The summed E-state index contributed by atoms with van der Waals surface area (Å²) < 4.78 is 13.4. The van der Waals surface area contributed by atoms with Crippen LogP contribution in [0.15, 0.2) is 61.2 Å². The van der Waals surface area contributed by atoms with Crippen molar-refractivity contribution in [2.45, 2.75) is 44.6 Å². The van der Waals surface area contributed by atoms with Crippen LogP contribution in [0.3, 0.4) is 0 Å². The van der Waals surface area contributed by atoms with Gasteiger partial charge in [0, 0.05) is 23.9 Å². The first kappa shape index (κ1) is 21.4. The molecule has 2 aromatic carbocycles. The van der Waals surface area contributed by atoms with Crippen LogP contribution in [-0.2, 0) is 10.2 Å². The fraction of sp³-hybridized carbons (Fsp3) is 0.320. The maximum absolute atomic E-state index is 13.4. The van der Waals surface area contributed by atoms with Crippen molar-refractivity contribution in [2.24, 2.45) is 0 Å². The molecule has 160 valence electrons. The molecule has 1 aromatic heterocycles. The minimum Gasteiger partial charge on any atom is -0.336 e. The van der Waals surface area contributed by atoms with Crippen molar-refractivity contribution in [1.82, 2.24) is 15.1 Å². The highest BCUT2D eigenvalue weighted by molar-refractivity contribution is 7.14. The first-order valence-corrected chi connectivity index (χ1v) is 11.3. The van der Waals surface area contributed by atoms with Gasteiger partial charge in [0.25, 0.3) is 0 Å². The molecule has 6 heteroatoms. The van der Waals surface area contributed by atoms with Gasteiger partial charge in [0.1, 0.15) is 15.8 Å². The molecule has 0 saturated carbocycles. The molecule has 3 aromatic rings. The van der Waals surface area contributed by atoms with Crippen LogP contribution in [0.1, 0.15) is 48.4 Å². The van der Waals surface area contributed by atoms with E-state index in [1.807, 2.05) is 30.0 Å². The lowest BCUT2D eigenvalue weighted by Crippen LogP contribution is -2.47. The molecular formula is C25H26FN3OS. The van der Waals surface area contributed by atoms with E-state index in [9.17, 15) is 9.18 Å². The Bertz CT molecular complexity index is 1080. The summed E-state index contributed by atoms with van der Waals surface area (Å²) >= 11 is 1.57. The second kappa shape index (κ2) is 8.71. The van der Waals surface area contributed by atoms with E-state index in [4.69, 9.17) is 0 Å². The van der Waals surface area contributed by atoms with Gasteiger partial charge in [-0.3, -0.25) is 4.79 Å². The Morgan fingerprint density at radius 2 is 1.90 bits per heavy atom. The summed E-state index contributed by atoms with van der Waals surface area (Å²) in [6.07, 6.45) is 3.78. The minimum absolute atomic E-state index is 0.0207. The number of carbonyl (C=O) groups excluding carboxylic acids is 1. The Morgan fingerprint density at radius 1 is 1.19 bits per heavy atom. The van der Waals surface area contributed by atoms with E-state index in [2.05, 4.69) is 35.8 Å². The molecule has 0 bridgehead atoms. The van der Waals surface area contributed by atoms with Crippen LogP contribution >= 0.6 is 11.3 Å². The molecule has 1 aliphatic rings. The molecule has 1 aliphatic heterocycles. The summed E-state index contributed by atoms with van der Waals surface area (Å²) in [5.74, 6) is -0.143. The van der Waals surface area contributed by atoms with Gasteiger partial charge in [-0.05, 0) is 49.9 Å². The van der Waals surface area contributed by atoms with E-state index >= 15 is 0 Å². The van der Waals surface area contributed by atoms with Gasteiger partial charge in [-0.25, -0.2) is 4.39 Å². The van der Waals surface area contributed by atoms with Crippen molar-refractivity contribution in [3.05, 3.63) is 83.1 Å². The number of benzene rings is 2. The lowest BCUT2D eigenvalue weighted by molar-refractivity contribution is -0.138. The van der Waals surface area contributed by atoms with E-state index < -0.39 is 0 Å². The summed E-state index contributed by atoms with van der Waals surface area (Å²) in [5.41, 5.74) is 2.82. The van der Waals surface area contributed by atoms with Crippen LogP contribution in [0, 0.1) is 12.7 Å². The number of rotatable bonds is 6. The average molecular weight is 436 g/mol. The highest BCUT2D eigenvalue weighted by atomic mass is 32.1. The van der Waals surface area contributed by atoms with Crippen LogP contribution in [0.25, 0.3) is 10.6 Å².